The summed E-state index contributed by atoms with van der Waals surface area (Å²) in [4.78, 5) is 5.73. The van der Waals surface area contributed by atoms with Crippen molar-refractivity contribution in [3.63, 3.8) is 0 Å². The minimum atomic E-state index is 0. The predicted octanol–water partition coefficient (Wildman–Crippen LogP) is 3.28. The van der Waals surface area contributed by atoms with Crippen molar-refractivity contribution in [2.75, 3.05) is 26.7 Å². The Kier molecular flexibility index (Phi) is 10.1. The maximum atomic E-state index is 5.63. The fourth-order valence-corrected chi connectivity index (χ4v) is 3.43. The Bertz CT molecular complexity index is 419. The molecule has 1 aliphatic rings. The molecule has 0 bridgehead atoms. The monoisotopic (exact) mass is 437 g/mol. The van der Waals surface area contributed by atoms with Gasteiger partial charge in [0, 0.05) is 31.6 Å². The van der Waals surface area contributed by atoms with Crippen LogP contribution in [0.15, 0.2) is 22.5 Å². The summed E-state index contributed by atoms with van der Waals surface area (Å²) in [7, 11) is 1.82. The average Bonchev–Trinajstić information content (AvgIpc) is 3.16. The Morgan fingerprint density at radius 3 is 3.00 bits per heavy atom. The minimum Gasteiger partial charge on any atom is -0.378 e. The van der Waals surface area contributed by atoms with Crippen molar-refractivity contribution in [3.8, 4) is 0 Å². The van der Waals surface area contributed by atoms with Crippen LogP contribution in [0.2, 0.25) is 0 Å². The van der Waals surface area contributed by atoms with Gasteiger partial charge in [-0.2, -0.15) is 0 Å². The second-order valence-corrected chi connectivity index (χ2v) is 6.72. The Hall–Kier alpha value is -0.340. The van der Waals surface area contributed by atoms with Crippen molar-refractivity contribution in [1.82, 2.24) is 10.6 Å². The summed E-state index contributed by atoms with van der Waals surface area (Å²) >= 11 is 1.83. The molecule has 126 valence electrons. The lowest BCUT2D eigenvalue weighted by Crippen LogP contribution is -2.40. The van der Waals surface area contributed by atoms with Crippen molar-refractivity contribution < 1.29 is 4.74 Å². The number of ether oxygens (including phenoxy) is 1. The van der Waals surface area contributed by atoms with E-state index in [1.54, 1.807) is 0 Å². The van der Waals surface area contributed by atoms with Gasteiger partial charge < -0.3 is 15.4 Å². The van der Waals surface area contributed by atoms with Crippen molar-refractivity contribution in [2.45, 2.75) is 38.7 Å². The van der Waals surface area contributed by atoms with Gasteiger partial charge in [0.25, 0.3) is 0 Å². The molecule has 0 amide bonds. The Morgan fingerprint density at radius 2 is 2.36 bits per heavy atom. The smallest absolute Gasteiger partial charge is 0.190 e. The van der Waals surface area contributed by atoms with E-state index in [-0.39, 0.29) is 24.0 Å². The standard InChI is InChI=1S/C16H27N3OS.HI/c1-13(11-15-6-4-10-21-15)12-19-16(17-2)18-8-7-14-5-3-9-20-14;/h4,6,10,13-14H,3,5,7-9,11-12H2,1-2H3,(H2,17,18,19);1H. The van der Waals surface area contributed by atoms with Crippen LogP contribution in [0.5, 0.6) is 0 Å². The topological polar surface area (TPSA) is 45.7 Å². The number of halogens is 1. The molecule has 1 aromatic heterocycles. The molecule has 22 heavy (non-hydrogen) atoms. The van der Waals surface area contributed by atoms with Crippen LogP contribution >= 0.6 is 35.3 Å². The zero-order valence-electron chi connectivity index (χ0n) is 13.5. The van der Waals surface area contributed by atoms with Gasteiger partial charge in [0.1, 0.15) is 0 Å². The van der Waals surface area contributed by atoms with E-state index in [1.165, 1.54) is 17.7 Å². The van der Waals surface area contributed by atoms with Gasteiger partial charge in [-0.3, -0.25) is 4.99 Å². The Morgan fingerprint density at radius 1 is 1.50 bits per heavy atom. The molecule has 2 heterocycles. The van der Waals surface area contributed by atoms with Gasteiger partial charge in [0.05, 0.1) is 6.10 Å². The summed E-state index contributed by atoms with van der Waals surface area (Å²) in [6.07, 6.45) is 5.03. The fourth-order valence-electron chi connectivity index (χ4n) is 2.56. The van der Waals surface area contributed by atoms with Crippen LogP contribution in [0.25, 0.3) is 0 Å². The molecular formula is C16H28IN3OS. The number of nitrogens with zero attached hydrogens (tertiary/aromatic N) is 1. The normalized spacial score (nSPS) is 19.5. The number of hydrogen-bond acceptors (Lipinski definition) is 3. The summed E-state index contributed by atoms with van der Waals surface area (Å²) in [6.45, 7) is 5.06. The number of rotatable bonds is 7. The van der Waals surface area contributed by atoms with E-state index in [4.69, 9.17) is 4.74 Å². The zero-order chi connectivity index (χ0) is 14.9. The van der Waals surface area contributed by atoms with Crippen LogP contribution in [-0.4, -0.2) is 38.8 Å². The molecule has 6 heteroatoms. The first-order chi connectivity index (χ1) is 10.3. The summed E-state index contributed by atoms with van der Waals surface area (Å²) in [5, 5.41) is 8.92. The summed E-state index contributed by atoms with van der Waals surface area (Å²) in [5.74, 6) is 1.49. The number of guanidine groups is 1. The van der Waals surface area contributed by atoms with Crippen LogP contribution in [0.4, 0.5) is 0 Å². The molecule has 2 unspecified atom stereocenters. The molecule has 0 saturated carbocycles. The molecule has 0 radical (unpaired) electrons. The van der Waals surface area contributed by atoms with Gasteiger partial charge in [0.15, 0.2) is 5.96 Å². The van der Waals surface area contributed by atoms with Crippen molar-refractivity contribution >= 4 is 41.3 Å². The summed E-state index contributed by atoms with van der Waals surface area (Å²) < 4.78 is 5.63. The molecule has 1 saturated heterocycles. The van der Waals surface area contributed by atoms with E-state index in [9.17, 15) is 0 Å². The predicted molar refractivity (Wildman–Crippen MR) is 106 cm³/mol. The SMILES string of the molecule is CN=C(NCCC1CCCO1)NCC(C)Cc1cccs1.I. The van der Waals surface area contributed by atoms with Gasteiger partial charge >= 0.3 is 0 Å². The second kappa shape index (κ2) is 11.2. The summed E-state index contributed by atoms with van der Waals surface area (Å²) in [5.41, 5.74) is 0. The number of thiophene rings is 1. The van der Waals surface area contributed by atoms with Gasteiger partial charge in [0.2, 0.25) is 0 Å². The van der Waals surface area contributed by atoms with E-state index >= 15 is 0 Å². The van der Waals surface area contributed by atoms with Crippen LogP contribution in [0.3, 0.4) is 0 Å². The van der Waals surface area contributed by atoms with Crippen LogP contribution < -0.4 is 10.6 Å². The largest absolute Gasteiger partial charge is 0.378 e. The lowest BCUT2D eigenvalue weighted by molar-refractivity contribution is 0.105. The lowest BCUT2D eigenvalue weighted by Gasteiger charge is -2.16. The molecule has 4 nitrogen and oxygen atoms in total. The maximum absolute atomic E-state index is 5.63. The molecule has 2 rings (SSSR count). The molecule has 0 aliphatic carbocycles. The number of nitrogens with one attached hydrogen (secondary N) is 2. The van der Waals surface area contributed by atoms with E-state index in [2.05, 4.69) is 40.1 Å². The highest BCUT2D eigenvalue weighted by molar-refractivity contribution is 14.0. The third-order valence-electron chi connectivity index (χ3n) is 3.75. The molecule has 2 atom stereocenters. The van der Waals surface area contributed by atoms with Crippen molar-refractivity contribution in [3.05, 3.63) is 22.4 Å². The zero-order valence-corrected chi connectivity index (χ0v) is 16.7. The highest BCUT2D eigenvalue weighted by atomic mass is 127. The molecule has 0 spiro atoms. The average molecular weight is 437 g/mol. The Labute approximate surface area is 155 Å². The van der Waals surface area contributed by atoms with Crippen molar-refractivity contribution in [2.24, 2.45) is 10.9 Å². The number of aliphatic imine (C=N–C) groups is 1. The molecule has 0 aromatic carbocycles. The van der Waals surface area contributed by atoms with Gasteiger partial charge in [-0.25, -0.2) is 0 Å². The quantitative estimate of drug-likeness (QED) is 0.391. The minimum absolute atomic E-state index is 0. The van der Waals surface area contributed by atoms with Crippen LogP contribution in [0.1, 0.15) is 31.1 Å². The third-order valence-corrected chi connectivity index (χ3v) is 4.65. The highest BCUT2D eigenvalue weighted by Crippen LogP contribution is 2.14. The fraction of sp³-hybridized carbons (Fsp3) is 0.688. The van der Waals surface area contributed by atoms with E-state index in [1.807, 2.05) is 18.4 Å². The van der Waals surface area contributed by atoms with E-state index in [0.717, 1.165) is 38.5 Å². The first kappa shape index (κ1) is 19.7. The van der Waals surface area contributed by atoms with E-state index in [0.29, 0.717) is 12.0 Å². The first-order valence-electron chi connectivity index (χ1n) is 7.86. The van der Waals surface area contributed by atoms with Crippen LogP contribution in [-0.2, 0) is 11.2 Å². The second-order valence-electron chi connectivity index (χ2n) is 5.69. The maximum Gasteiger partial charge on any atom is 0.190 e. The number of hydrogen-bond donors (Lipinski definition) is 2. The van der Waals surface area contributed by atoms with E-state index < -0.39 is 0 Å². The highest BCUT2D eigenvalue weighted by Gasteiger charge is 2.14. The first-order valence-corrected chi connectivity index (χ1v) is 8.74. The molecular weight excluding hydrogens is 409 g/mol. The Balaban J connectivity index is 0.00000242. The molecule has 1 aromatic rings. The van der Waals surface area contributed by atoms with Crippen molar-refractivity contribution in [1.29, 1.82) is 0 Å². The summed E-state index contributed by atoms with van der Waals surface area (Å²) in [6, 6.07) is 4.32. The van der Waals surface area contributed by atoms with Crippen LogP contribution in [0, 0.1) is 5.92 Å². The van der Waals surface area contributed by atoms with Gasteiger partial charge in [-0.05, 0) is 43.0 Å². The third kappa shape index (κ3) is 7.28. The molecule has 1 aliphatic heterocycles. The van der Waals surface area contributed by atoms with Gasteiger partial charge in [-0.1, -0.05) is 13.0 Å². The lowest BCUT2D eigenvalue weighted by atomic mass is 10.1. The molecule has 1 fully saturated rings. The molecule has 2 N–H and O–H groups in total. The van der Waals surface area contributed by atoms with Gasteiger partial charge in [-0.15, -0.1) is 35.3 Å².